The minimum Gasteiger partial charge on any atom is -0.327 e. The van der Waals surface area contributed by atoms with Gasteiger partial charge < -0.3 is 4.84 Å². The van der Waals surface area contributed by atoms with Crippen LogP contribution in [0.25, 0.3) is 10.2 Å². The van der Waals surface area contributed by atoms with E-state index in [0.717, 1.165) is 20.8 Å². The molecule has 0 saturated heterocycles. The Balaban J connectivity index is 2.00. The van der Waals surface area contributed by atoms with Gasteiger partial charge in [-0.3, -0.25) is 4.79 Å². The molecule has 0 aliphatic heterocycles. The summed E-state index contributed by atoms with van der Waals surface area (Å²) in [4.78, 5) is 28.6. The largest absolute Gasteiger partial charge is 0.363 e. The highest BCUT2D eigenvalue weighted by Crippen LogP contribution is 2.15. The number of nitrogens with zero attached hydrogens (tertiary/aromatic N) is 1. The standard InChI is InChI=1S/C14H9NO3S/c16-13(10-6-2-1-3-7-10)18-15-11-8-4-5-9-12(11)19-14(15)17/h1-9H. The molecule has 0 fully saturated rings. The number of rotatable bonds is 2. The molecule has 0 aliphatic carbocycles. The summed E-state index contributed by atoms with van der Waals surface area (Å²) in [6, 6.07) is 15.8. The summed E-state index contributed by atoms with van der Waals surface area (Å²) in [5.74, 6) is -0.550. The molecule has 0 amide bonds. The maximum absolute atomic E-state index is 11.9. The third-order valence-corrected chi connectivity index (χ3v) is 3.54. The molecule has 0 saturated carbocycles. The third kappa shape index (κ3) is 2.15. The summed E-state index contributed by atoms with van der Waals surface area (Å²) in [6.07, 6.45) is 0. The Bertz CT molecular complexity index is 789. The molecule has 0 bridgehead atoms. The molecule has 3 aromatic rings. The molecule has 94 valence electrons. The second-order valence-corrected chi connectivity index (χ2v) is 4.87. The Morgan fingerprint density at radius 3 is 2.47 bits per heavy atom. The van der Waals surface area contributed by atoms with Crippen molar-refractivity contribution >= 4 is 27.5 Å². The number of para-hydroxylation sites is 1. The minimum atomic E-state index is -0.550. The first-order valence-electron chi connectivity index (χ1n) is 5.64. The molecule has 1 heterocycles. The van der Waals surface area contributed by atoms with E-state index in [1.165, 1.54) is 0 Å². The van der Waals surface area contributed by atoms with Crippen LogP contribution in [-0.4, -0.2) is 10.7 Å². The normalized spacial score (nSPS) is 10.5. The van der Waals surface area contributed by atoms with Crippen LogP contribution in [0.2, 0.25) is 0 Å². The molecule has 0 spiro atoms. The van der Waals surface area contributed by atoms with Gasteiger partial charge in [0.1, 0.15) is 5.52 Å². The van der Waals surface area contributed by atoms with Crippen molar-refractivity contribution < 1.29 is 9.63 Å². The van der Waals surface area contributed by atoms with Gasteiger partial charge in [-0.25, -0.2) is 4.79 Å². The first-order chi connectivity index (χ1) is 9.25. The van der Waals surface area contributed by atoms with E-state index in [4.69, 9.17) is 4.84 Å². The minimum absolute atomic E-state index is 0.314. The summed E-state index contributed by atoms with van der Waals surface area (Å²) in [6.45, 7) is 0. The third-order valence-electron chi connectivity index (χ3n) is 2.63. The number of benzene rings is 2. The quantitative estimate of drug-likeness (QED) is 0.718. The highest BCUT2D eigenvalue weighted by atomic mass is 32.1. The predicted molar refractivity (Wildman–Crippen MR) is 73.4 cm³/mol. The lowest BCUT2D eigenvalue weighted by Gasteiger charge is -2.04. The fourth-order valence-corrected chi connectivity index (χ4v) is 2.55. The summed E-state index contributed by atoms with van der Waals surface area (Å²) in [5.41, 5.74) is 1.01. The molecule has 0 unspecified atom stereocenters. The summed E-state index contributed by atoms with van der Waals surface area (Å²) < 4.78 is 1.82. The van der Waals surface area contributed by atoms with E-state index >= 15 is 0 Å². The van der Waals surface area contributed by atoms with Crippen molar-refractivity contribution in [2.45, 2.75) is 0 Å². The summed E-state index contributed by atoms with van der Waals surface area (Å²) in [7, 11) is 0. The number of aromatic nitrogens is 1. The van der Waals surface area contributed by atoms with Crippen molar-refractivity contribution in [1.29, 1.82) is 0 Å². The molecule has 1 aromatic heterocycles. The van der Waals surface area contributed by atoms with Crippen molar-refractivity contribution in [3.05, 3.63) is 69.8 Å². The van der Waals surface area contributed by atoms with Crippen LogP contribution in [0.15, 0.2) is 59.4 Å². The summed E-state index contributed by atoms with van der Waals surface area (Å²) >= 11 is 1.05. The first-order valence-corrected chi connectivity index (χ1v) is 6.45. The fraction of sp³-hybridized carbons (Fsp3) is 0. The molecule has 0 radical (unpaired) electrons. The molecule has 4 nitrogen and oxygen atoms in total. The smallest absolute Gasteiger partial charge is 0.327 e. The average Bonchev–Trinajstić information content (AvgIpc) is 2.76. The van der Waals surface area contributed by atoms with Crippen LogP contribution in [0.1, 0.15) is 10.4 Å². The lowest BCUT2D eigenvalue weighted by molar-refractivity contribution is 0.0472. The highest BCUT2D eigenvalue weighted by Gasteiger charge is 2.13. The average molecular weight is 271 g/mol. The monoisotopic (exact) mass is 271 g/mol. The molecule has 0 aliphatic rings. The lowest BCUT2D eigenvalue weighted by Crippen LogP contribution is -2.27. The van der Waals surface area contributed by atoms with Crippen LogP contribution in [0.4, 0.5) is 0 Å². The van der Waals surface area contributed by atoms with Gasteiger partial charge in [0.15, 0.2) is 0 Å². The maximum atomic E-state index is 11.9. The molecule has 2 aromatic carbocycles. The molecular weight excluding hydrogens is 262 g/mol. The van der Waals surface area contributed by atoms with Crippen LogP contribution in [0.3, 0.4) is 0 Å². The SMILES string of the molecule is O=C(On1c(=O)sc2ccccc21)c1ccccc1. The van der Waals surface area contributed by atoms with Gasteiger partial charge in [0, 0.05) is 0 Å². The van der Waals surface area contributed by atoms with Crippen molar-refractivity contribution in [2.24, 2.45) is 0 Å². The van der Waals surface area contributed by atoms with E-state index in [1.807, 2.05) is 18.2 Å². The van der Waals surface area contributed by atoms with E-state index < -0.39 is 5.97 Å². The lowest BCUT2D eigenvalue weighted by atomic mass is 10.2. The van der Waals surface area contributed by atoms with Gasteiger partial charge in [0.05, 0.1) is 10.3 Å². The Kier molecular flexibility index (Phi) is 2.89. The molecule has 19 heavy (non-hydrogen) atoms. The van der Waals surface area contributed by atoms with E-state index in [2.05, 4.69) is 0 Å². The number of carbonyl (C=O) groups is 1. The van der Waals surface area contributed by atoms with Crippen LogP contribution in [0.5, 0.6) is 0 Å². The zero-order chi connectivity index (χ0) is 13.2. The zero-order valence-corrected chi connectivity index (χ0v) is 10.6. The predicted octanol–water partition coefficient (Wildman–Crippen LogP) is 2.33. The summed E-state index contributed by atoms with van der Waals surface area (Å²) in [5, 5.41) is 0. The van der Waals surface area contributed by atoms with E-state index in [1.54, 1.807) is 36.4 Å². The number of hydrogen-bond donors (Lipinski definition) is 0. The van der Waals surface area contributed by atoms with Crippen LogP contribution >= 0.6 is 11.3 Å². The zero-order valence-electron chi connectivity index (χ0n) is 9.78. The van der Waals surface area contributed by atoms with Crippen molar-refractivity contribution in [1.82, 2.24) is 4.73 Å². The number of fused-ring (bicyclic) bond motifs is 1. The van der Waals surface area contributed by atoms with Crippen LogP contribution in [0, 0.1) is 0 Å². The fourth-order valence-electron chi connectivity index (χ4n) is 1.74. The topological polar surface area (TPSA) is 48.3 Å². The molecule has 5 heteroatoms. The van der Waals surface area contributed by atoms with Gasteiger partial charge in [-0.2, -0.15) is 0 Å². The Labute approximate surface area is 112 Å². The van der Waals surface area contributed by atoms with E-state index in [-0.39, 0.29) is 4.87 Å². The number of carbonyl (C=O) groups excluding carboxylic acids is 1. The second-order valence-electron chi connectivity index (χ2n) is 3.87. The molecular formula is C14H9NO3S. The Hall–Kier alpha value is -2.40. The molecule has 3 rings (SSSR count). The van der Waals surface area contributed by atoms with Crippen molar-refractivity contribution in [3.8, 4) is 0 Å². The van der Waals surface area contributed by atoms with Gasteiger partial charge in [0.25, 0.3) is 0 Å². The molecule has 0 atom stereocenters. The van der Waals surface area contributed by atoms with Gasteiger partial charge in [-0.1, -0.05) is 41.7 Å². The Morgan fingerprint density at radius 1 is 1.00 bits per heavy atom. The van der Waals surface area contributed by atoms with Crippen LogP contribution < -0.4 is 9.71 Å². The molecule has 0 N–H and O–H groups in total. The number of thiazole rings is 1. The second kappa shape index (κ2) is 4.70. The van der Waals surface area contributed by atoms with Gasteiger partial charge in [-0.05, 0) is 24.3 Å². The van der Waals surface area contributed by atoms with Gasteiger partial charge in [0.2, 0.25) is 0 Å². The van der Waals surface area contributed by atoms with E-state index in [9.17, 15) is 9.59 Å². The first kappa shape index (κ1) is 11.7. The van der Waals surface area contributed by atoms with Crippen molar-refractivity contribution in [2.75, 3.05) is 0 Å². The van der Waals surface area contributed by atoms with Gasteiger partial charge >= 0.3 is 10.8 Å². The number of hydrogen-bond acceptors (Lipinski definition) is 4. The van der Waals surface area contributed by atoms with Crippen molar-refractivity contribution in [3.63, 3.8) is 0 Å². The van der Waals surface area contributed by atoms with E-state index in [0.29, 0.717) is 11.1 Å². The van der Waals surface area contributed by atoms with Gasteiger partial charge in [-0.15, -0.1) is 4.73 Å². The Morgan fingerprint density at radius 2 is 1.68 bits per heavy atom. The van der Waals surface area contributed by atoms with Crippen LogP contribution in [-0.2, 0) is 0 Å². The maximum Gasteiger partial charge on any atom is 0.363 e. The highest BCUT2D eigenvalue weighted by molar-refractivity contribution is 7.16.